The lowest BCUT2D eigenvalue weighted by Crippen LogP contribution is -2.18. The van der Waals surface area contributed by atoms with Crippen LogP contribution < -0.4 is 4.90 Å². The summed E-state index contributed by atoms with van der Waals surface area (Å²) in [6, 6.07) is 7.30. The lowest BCUT2D eigenvalue weighted by molar-refractivity contribution is 1.31. The van der Waals surface area contributed by atoms with Gasteiger partial charge in [-0.25, -0.2) is 0 Å². The van der Waals surface area contributed by atoms with Gasteiger partial charge in [0.1, 0.15) is 0 Å². The largest absolute Gasteiger partial charge is 0.326 e. The van der Waals surface area contributed by atoms with Crippen LogP contribution >= 0.6 is 35.4 Å². The second-order valence-corrected chi connectivity index (χ2v) is 3.69. The lowest BCUT2D eigenvalue weighted by Gasteiger charge is -2.15. The highest BCUT2D eigenvalue weighted by molar-refractivity contribution is 7.83. The molecule has 12 heavy (non-hydrogen) atoms. The minimum Gasteiger partial charge on any atom is -0.326 e. The van der Waals surface area contributed by atoms with Gasteiger partial charge in [0.05, 0.1) is 0 Å². The summed E-state index contributed by atoms with van der Waals surface area (Å²) in [7, 11) is 1.80. The van der Waals surface area contributed by atoms with Crippen LogP contribution in [0.5, 0.6) is 0 Å². The summed E-state index contributed by atoms with van der Waals surface area (Å²) in [4.78, 5) is 1.70. The van der Waals surface area contributed by atoms with Gasteiger partial charge in [-0.3, -0.25) is 0 Å². The Kier molecular flexibility index (Phi) is 3.32. The number of nitrogens with zero attached hydrogens (tertiary/aromatic N) is 1. The molecule has 4 heteroatoms. The van der Waals surface area contributed by atoms with Crippen molar-refractivity contribution in [2.45, 2.75) is 0 Å². The molecule has 1 rings (SSSR count). The Hall–Kier alpha value is -0.310. The van der Waals surface area contributed by atoms with Crippen LogP contribution in [-0.4, -0.2) is 11.5 Å². The summed E-state index contributed by atoms with van der Waals surface area (Å²) < 4.78 is 0.317. The summed E-state index contributed by atoms with van der Waals surface area (Å²) in [6.07, 6.45) is 0. The molecule has 1 aromatic carbocycles. The van der Waals surface area contributed by atoms with E-state index in [0.717, 1.165) is 5.69 Å². The van der Waals surface area contributed by atoms with Crippen molar-refractivity contribution in [3.63, 3.8) is 0 Å². The first-order valence-electron chi connectivity index (χ1n) is 3.30. The predicted molar refractivity (Wildman–Crippen MR) is 58.3 cm³/mol. The molecule has 64 valence electrons. The van der Waals surface area contributed by atoms with E-state index in [9.17, 15) is 0 Å². The standard InChI is InChI=1S/C8H7Cl2NS/c1-11(8(10)12)7-4-2-6(9)3-5-7/h2-5H,1H3. The second-order valence-electron chi connectivity index (χ2n) is 2.29. The van der Waals surface area contributed by atoms with Gasteiger partial charge in [-0.05, 0) is 36.5 Å². The Morgan fingerprint density at radius 2 is 1.83 bits per heavy atom. The minimum atomic E-state index is 0.317. The van der Waals surface area contributed by atoms with E-state index >= 15 is 0 Å². The highest BCUT2D eigenvalue weighted by Gasteiger charge is 2.02. The summed E-state index contributed by atoms with van der Waals surface area (Å²) >= 11 is 16.1. The molecule has 0 radical (unpaired) electrons. The zero-order chi connectivity index (χ0) is 9.14. The van der Waals surface area contributed by atoms with Gasteiger partial charge in [-0.1, -0.05) is 23.2 Å². The smallest absolute Gasteiger partial charge is 0.174 e. The van der Waals surface area contributed by atoms with Crippen molar-refractivity contribution in [3.05, 3.63) is 29.3 Å². The van der Waals surface area contributed by atoms with Crippen LogP contribution in [0, 0.1) is 0 Å². The number of anilines is 1. The molecule has 0 fully saturated rings. The molecule has 1 nitrogen and oxygen atoms in total. The normalized spacial score (nSPS) is 9.58. The van der Waals surface area contributed by atoms with Gasteiger partial charge in [-0.15, -0.1) is 0 Å². The fourth-order valence-electron chi connectivity index (χ4n) is 0.766. The van der Waals surface area contributed by atoms with Crippen LogP contribution in [0.25, 0.3) is 0 Å². The number of rotatable bonds is 1. The highest BCUT2D eigenvalue weighted by atomic mass is 35.5. The Morgan fingerprint density at radius 1 is 1.33 bits per heavy atom. The molecule has 0 bridgehead atoms. The van der Waals surface area contributed by atoms with E-state index in [-0.39, 0.29) is 0 Å². The molecule has 1 aromatic rings. The Labute approximate surface area is 86.9 Å². The fourth-order valence-corrected chi connectivity index (χ4v) is 1.10. The van der Waals surface area contributed by atoms with Crippen molar-refractivity contribution in [2.75, 3.05) is 11.9 Å². The average molecular weight is 220 g/mol. The molecule has 0 spiro atoms. The third-order valence-electron chi connectivity index (χ3n) is 1.48. The van der Waals surface area contributed by atoms with Gasteiger partial charge in [0.2, 0.25) is 0 Å². The van der Waals surface area contributed by atoms with E-state index in [4.69, 9.17) is 35.4 Å². The average Bonchev–Trinajstić information content (AvgIpc) is 2.04. The zero-order valence-corrected chi connectivity index (χ0v) is 8.75. The van der Waals surface area contributed by atoms with Crippen molar-refractivity contribution < 1.29 is 0 Å². The quantitative estimate of drug-likeness (QED) is 0.406. The van der Waals surface area contributed by atoms with E-state index in [1.165, 1.54) is 0 Å². The molecule has 0 aliphatic rings. The first kappa shape index (κ1) is 9.78. The van der Waals surface area contributed by atoms with Gasteiger partial charge >= 0.3 is 0 Å². The second kappa shape index (κ2) is 4.08. The van der Waals surface area contributed by atoms with E-state index in [1.807, 2.05) is 12.1 Å². The topological polar surface area (TPSA) is 3.24 Å². The molecule has 0 aromatic heterocycles. The molecule has 0 atom stereocenters. The lowest BCUT2D eigenvalue weighted by atomic mass is 10.3. The maximum absolute atomic E-state index is 5.71. The van der Waals surface area contributed by atoms with Crippen molar-refractivity contribution in [2.24, 2.45) is 0 Å². The molecular formula is C8H7Cl2NS. The van der Waals surface area contributed by atoms with E-state index in [0.29, 0.717) is 9.47 Å². The van der Waals surface area contributed by atoms with Gasteiger partial charge in [0.25, 0.3) is 0 Å². The van der Waals surface area contributed by atoms with Crippen molar-refractivity contribution >= 4 is 45.6 Å². The number of halogens is 2. The minimum absolute atomic E-state index is 0.317. The van der Waals surface area contributed by atoms with Crippen LogP contribution in [0.2, 0.25) is 5.02 Å². The van der Waals surface area contributed by atoms with E-state index in [2.05, 4.69) is 0 Å². The van der Waals surface area contributed by atoms with E-state index < -0.39 is 0 Å². The monoisotopic (exact) mass is 219 g/mol. The number of hydrogen-bond donors (Lipinski definition) is 0. The maximum atomic E-state index is 5.71. The molecular weight excluding hydrogens is 213 g/mol. The van der Waals surface area contributed by atoms with Crippen LogP contribution in [-0.2, 0) is 0 Å². The van der Waals surface area contributed by atoms with Gasteiger partial charge < -0.3 is 4.90 Å². The Morgan fingerprint density at radius 3 is 2.25 bits per heavy atom. The third kappa shape index (κ3) is 2.34. The number of thiocarbonyl (C=S) groups is 1. The van der Waals surface area contributed by atoms with Gasteiger partial charge in [-0.2, -0.15) is 0 Å². The molecule has 0 amide bonds. The van der Waals surface area contributed by atoms with Crippen molar-refractivity contribution in [1.29, 1.82) is 0 Å². The van der Waals surface area contributed by atoms with Crippen molar-refractivity contribution in [3.8, 4) is 0 Å². The molecule has 0 aliphatic heterocycles. The van der Waals surface area contributed by atoms with Crippen LogP contribution in [0.4, 0.5) is 5.69 Å². The van der Waals surface area contributed by atoms with Crippen LogP contribution in [0.1, 0.15) is 0 Å². The zero-order valence-electron chi connectivity index (χ0n) is 6.42. The molecule has 0 heterocycles. The summed E-state index contributed by atoms with van der Waals surface area (Å²) in [5, 5.41) is 0.702. The molecule has 0 N–H and O–H groups in total. The van der Waals surface area contributed by atoms with Crippen molar-refractivity contribution in [1.82, 2.24) is 0 Å². The Bertz CT molecular complexity index is 284. The summed E-state index contributed by atoms with van der Waals surface area (Å²) in [5.74, 6) is 0. The van der Waals surface area contributed by atoms with E-state index in [1.54, 1.807) is 24.1 Å². The summed E-state index contributed by atoms with van der Waals surface area (Å²) in [6.45, 7) is 0. The SMILES string of the molecule is CN(C(=S)Cl)c1ccc(Cl)cc1. The van der Waals surface area contributed by atoms with Crippen LogP contribution in [0.15, 0.2) is 24.3 Å². The third-order valence-corrected chi connectivity index (χ3v) is 2.26. The Balaban J connectivity index is 2.89. The first-order valence-corrected chi connectivity index (χ1v) is 4.46. The molecule has 0 aliphatic carbocycles. The fraction of sp³-hybridized carbons (Fsp3) is 0.125. The number of hydrogen-bond acceptors (Lipinski definition) is 1. The van der Waals surface area contributed by atoms with Gasteiger partial charge in [0.15, 0.2) is 4.45 Å². The maximum Gasteiger partial charge on any atom is 0.174 e. The predicted octanol–water partition coefficient (Wildman–Crippen LogP) is 3.30. The van der Waals surface area contributed by atoms with Gasteiger partial charge in [0, 0.05) is 17.8 Å². The molecule has 0 saturated heterocycles. The van der Waals surface area contributed by atoms with Crippen LogP contribution in [0.3, 0.4) is 0 Å². The first-order chi connectivity index (χ1) is 5.61. The summed E-state index contributed by atoms with van der Waals surface area (Å²) in [5.41, 5.74) is 0.930. The molecule has 0 unspecified atom stereocenters. The highest BCUT2D eigenvalue weighted by Crippen LogP contribution is 2.17. The number of benzene rings is 1. The molecule has 0 saturated carbocycles.